The van der Waals surface area contributed by atoms with Crippen molar-refractivity contribution in [1.82, 2.24) is 0 Å². The van der Waals surface area contributed by atoms with E-state index in [9.17, 15) is 0 Å². The number of hydrogen-bond donors (Lipinski definition) is 0. The fourth-order valence-electron chi connectivity index (χ4n) is 2.76. The van der Waals surface area contributed by atoms with E-state index in [2.05, 4.69) is 54.6 Å². The summed E-state index contributed by atoms with van der Waals surface area (Å²) in [6.45, 7) is 0. The highest BCUT2D eigenvalue weighted by Gasteiger charge is 2.19. The molecule has 1 aliphatic carbocycles. The lowest BCUT2D eigenvalue weighted by molar-refractivity contribution is 1.27. The van der Waals surface area contributed by atoms with E-state index in [1.54, 1.807) is 0 Å². The average molecular weight is 214 g/mol. The van der Waals surface area contributed by atoms with Crippen LogP contribution in [0.15, 0.2) is 48.5 Å². The Balaban J connectivity index is 2.17. The number of rotatable bonds is 0. The maximum absolute atomic E-state index is 3.27. The monoisotopic (exact) mass is 214 g/mol. The largest absolute Gasteiger partial charge is 0.0619 e. The average Bonchev–Trinajstić information content (AvgIpc) is 2.77. The maximum atomic E-state index is 3.27. The first kappa shape index (κ1) is 9.00. The van der Waals surface area contributed by atoms with Gasteiger partial charge in [0.1, 0.15) is 0 Å². The summed E-state index contributed by atoms with van der Waals surface area (Å²) in [7, 11) is 0. The van der Waals surface area contributed by atoms with Crippen molar-refractivity contribution in [3.63, 3.8) is 0 Å². The molecule has 0 saturated heterocycles. The van der Waals surface area contributed by atoms with Crippen molar-refractivity contribution >= 4 is 10.8 Å². The highest BCUT2D eigenvalue weighted by molar-refractivity contribution is 6.00. The number of fused-ring (bicyclic) bond motifs is 5. The van der Waals surface area contributed by atoms with Gasteiger partial charge < -0.3 is 0 Å². The minimum absolute atomic E-state index is 1.05. The SMILES string of the molecule is [c]1[c]c2c3c(ccc2cc1)Cc1ccccc1-3. The van der Waals surface area contributed by atoms with Gasteiger partial charge in [-0.1, -0.05) is 48.5 Å². The second-order valence-electron chi connectivity index (χ2n) is 4.50. The zero-order valence-corrected chi connectivity index (χ0v) is 9.33. The second kappa shape index (κ2) is 3.21. The molecule has 3 aromatic carbocycles. The fourth-order valence-corrected chi connectivity index (χ4v) is 2.76. The summed E-state index contributed by atoms with van der Waals surface area (Å²) in [4.78, 5) is 0. The summed E-state index contributed by atoms with van der Waals surface area (Å²) in [5.41, 5.74) is 5.56. The summed E-state index contributed by atoms with van der Waals surface area (Å²) in [6, 6.07) is 23.4. The van der Waals surface area contributed by atoms with Crippen LogP contribution < -0.4 is 0 Å². The number of benzene rings is 3. The number of hydrogen-bond acceptors (Lipinski definition) is 0. The van der Waals surface area contributed by atoms with E-state index >= 15 is 0 Å². The molecule has 0 N–H and O–H groups in total. The van der Waals surface area contributed by atoms with Crippen LogP contribution >= 0.6 is 0 Å². The molecule has 17 heavy (non-hydrogen) atoms. The third kappa shape index (κ3) is 1.18. The van der Waals surface area contributed by atoms with Crippen LogP contribution in [0.4, 0.5) is 0 Å². The van der Waals surface area contributed by atoms with Gasteiger partial charge in [0.25, 0.3) is 0 Å². The van der Waals surface area contributed by atoms with Gasteiger partial charge in [0, 0.05) is 0 Å². The van der Waals surface area contributed by atoms with Gasteiger partial charge >= 0.3 is 0 Å². The summed E-state index contributed by atoms with van der Waals surface area (Å²) in [5, 5.41) is 2.45. The summed E-state index contributed by atoms with van der Waals surface area (Å²) in [6.07, 6.45) is 1.05. The molecule has 0 amide bonds. The van der Waals surface area contributed by atoms with Crippen molar-refractivity contribution in [2.45, 2.75) is 6.42 Å². The molecule has 4 rings (SSSR count). The fraction of sp³-hybridized carbons (Fsp3) is 0.0588. The lowest BCUT2D eigenvalue weighted by Gasteiger charge is -2.05. The Bertz CT molecular complexity index is 723. The first-order valence-corrected chi connectivity index (χ1v) is 5.86. The highest BCUT2D eigenvalue weighted by Crippen LogP contribution is 2.40. The zero-order chi connectivity index (χ0) is 11.2. The minimum atomic E-state index is 1.05. The molecule has 0 unspecified atom stereocenters. The summed E-state index contributed by atoms with van der Waals surface area (Å²) >= 11 is 0. The maximum Gasteiger partial charge on any atom is -0.000753 e. The van der Waals surface area contributed by atoms with Gasteiger partial charge in [0.15, 0.2) is 0 Å². The summed E-state index contributed by atoms with van der Waals surface area (Å²) in [5.74, 6) is 0. The van der Waals surface area contributed by atoms with Gasteiger partial charge in [-0.25, -0.2) is 0 Å². The molecule has 0 heteroatoms. The normalized spacial score (nSPS) is 12.5. The molecule has 1 aliphatic rings. The smallest absolute Gasteiger partial charge is 0.000753 e. The van der Waals surface area contributed by atoms with Crippen LogP contribution in [0.1, 0.15) is 11.1 Å². The van der Waals surface area contributed by atoms with Crippen LogP contribution in [-0.2, 0) is 6.42 Å². The van der Waals surface area contributed by atoms with Gasteiger partial charge in [-0.05, 0) is 51.6 Å². The zero-order valence-electron chi connectivity index (χ0n) is 9.33. The van der Waals surface area contributed by atoms with Crippen LogP contribution in [0.2, 0.25) is 0 Å². The molecule has 0 aromatic heterocycles. The predicted molar refractivity (Wildman–Crippen MR) is 69.9 cm³/mol. The van der Waals surface area contributed by atoms with E-state index in [0.717, 1.165) is 6.42 Å². The van der Waals surface area contributed by atoms with E-state index in [1.807, 2.05) is 6.07 Å². The van der Waals surface area contributed by atoms with Crippen molar-refractivity contribution < 1.29 is 0 Å². The minimum Gasteiger partial charge on any atom is -0.0619 e. The van der Waals surface area contributed by atoms with Gasteiger partial charge in [-0.15, -0.1) is 0 Å². The second-order valence-corrected chi connectivity index (χ2v) is 4.50. The molecule has 0 bridgehead atoms. The van der Waals surface area contributed by atoms with Gasteiger partial charge in [-0.3, -0.25) is 0 Å². The van der Waals surface area contributed by atoms with Gasteiger partial charge in [0.05, 0.1) is 0 Å². The van der Waals surface area contributed by atoms with Crippen LogP contribution in [0.25, 0.3) is 21.9 Å². The van der Waals surface area contributed by atoms with Crippen LogP contribution in [0, 0.1) is 12.1 Å². The molecule has 0 atom stereocenters. The molecule has 0 spiro atoms. The Hall–Kier alpha value is -2.08. The van der Waals surface area contributed by atoms with Crippen molar-refractivity contribution in [2.75, 3.05) is 0 Å². The van der Waals surface area contributed by atoms with Crippen LogP contribution in [0.5, 0.6) is 0 Å². The highest BCUT2D eigenvalue weighted by atomic mass is 14.2. The Morgan fingerprint density at radius 3 is 2.82 bits per heavy atom. The third-order valence-electron chi connectivity index (χ3n) is 3.53. The Morgan fingerprint density at radius 1 is 0.882 bits per heavy atom. The Morgan fingerprint density at radius 2 is 1.82 bits per heavy atom. The molecule has 0 saturated carbocycles. The topological polar surface area (TPSA) is 0 Å². The first-order valence-electron chi connectivity index (χ1n) is 5.86. The third-order valence-corrected chi connectivity index (χ3v) is 3.53. The Kier molecular flexibility index (Phi) is 1.70. The standard InChI is InChI=1S/C17H10/c1-3-7-15-12(5-1)9-10-14-11-13-6-2-4-8-16(13)17(14)15/h1-2,4-6,8-10H,11H2. The van der Waals surface area contributed by atoms with Gasteiger partial charge in [-0.2, -0.15) is 0 Å². The van der Waals surface area contributed by atoms with Crippen molar-refractivity contribution in [1.29, 1.82) is 0 Å². The van der Waals surface area contributed by atoms with E-state index in [1.165, 1.54) is 33.0 Å². The van der Waals surface area contributed by atoms with Crippen molar-refractivity contribution in [3.05, 3.63) is 71.8 Å². The van der Waals surface area contributed by atoms with E-state index in [0.29, 0.717) is 0 Å². The van der Waals surface area contributed by atoms with E-state index < -0.39 is 0 Å². The Labute approximate surface area is 101 Å². The summed E-state index contributed by atoms with van der Waals surface area (Å²) < 4.78 is 0. The van der Waals surface area contributed by atoms with Crippen LogP contribution in [0.3, 0.4) is 0 Å². The molecule has 0 nitrogen and oxygen atoms in total. The van der Waals surface area contributed by atoms with Gasteiger partial charge in [0.2, 0.25) is 0 Å². The predicted octanol–water partition coefficient (Wildman–Crippen LogP) is 4.01. The van der Waals surface area contributed by atoms with E-state index in [4.69, 9.17) is 0 Å². The van der Waals surface area contributed by atoms with Crippen molar-refractivity contribution in [2.24, 2.45) is 0 Å². The van der Waals surface area contributed by atoms with Crippen LogP contribution in [-0.4, -0.2) is 0 Å². The molecule has 2 radical (unpaired) electrons. The molecule has 3 aromatic rings. The molecule has 0 aliphatic heterocycles. The molecular weight excluding hydrogens is 204 g/mol. The lowest BCUT2D eigenvalue weighted by Crippen LogP contribution is -1.82. The van der Waals surface area contributed by atoms with Crippen molar-refractivity contribution in [3.8, 4) is 11.1 Å². The van der Waals surface area contributed by atoms with E-state index in [-0.39, 0.29) is 0 Å². The molecule has 0 fully saturated rings. The lowest BCUT2D eigenvalue weighted by atomic mass is 9.98. The quantitative estimate of drug-likeness (QED) is 0.415. The first-order chi connectivity index (χ1) is 8.43. The molecule has 78 valence electrons. The molecule has 0 heterocycles. The molecular formula is C17H10.